The Hall–Kier alpha value is 1.67. The molecule has 0 heterocycles. The van der Waals surface area contributed by atoms with Crippen molar-refractivity contribution in [3.05, 3.63) is 37.2 Å². The molecule has 0 aromatic heterocycles. The topological polar surface area (TPSA) is 0 Å². The van der Waals surface area contributed by atoms with Gasteiger partial charge >= 0.3 is 142 Å². The smallest absolute Gasteiger partial charge is 1.00 e. The van der Waals surface area contributed by atoms with Crippen LogP contribution in [0.3, 0.4) is 0 Å². The van der Waals surface area contributed by atoms with E-state index < -0.39 is 65.3 Å². The summed E-state index contributed by atoms with van der Waals surface area (Å²) in [7, 11) is 0. The summed E-state index contributed by atoms with van der Waals surface area (Å²) in [5, 5.41) is 0. The predicted molar refractivity (Wildman–Crippen MR) is 90.5 cm³/mol. The summed E-state index contributed by atoms with van der Waals surface area (Å²) in [6.45, 7) is 0. The van der Waals surface area contributed by atoms with Gasteiger partial charge in [-0.15, -0.1) is 0 Å². The zero-order valence-corrected chi connectivity index (χ0v) is 24.6. The molecule has 0 atom stereocenters. The van der Waals surface area contributed by atoms with Crippen LogP contribution >= 0.6 is 0 Å². The maximum atomic E-state index is 2.59. The zero-order valence-electron chi connectivity index (χ0n) is 15.2. The molecule has 19 heavy (non-hydrogen) atoms. The van der Waals surface area contributed by atoms with Crippen molar-refractivity contribution in [1.82, 2.24) is 0 Å². The molecule has 104 valence electrons. The SMILES string of the molecule is [CH3][Pb]([CH3])([CH3])[C]1=[C]([Hf+2][C]2=[C]([Pb]([CH3])([CH3])[CH3])C=CC2)CC=C1.[H-].[H-]. The van der Waals surface area contributed by atoms with E-state index in [2.05, 4.69) is 51.2 Å². The zero-order chi connectivity index (χ0) is 14.3. The summed E-state index contributed by atoms with van der Waals surface area (Å²) in [6, 6.07) is 0. The Morgan fingerprint density at radius 1 is 0.789 bits per heavy atom. The Morgan fingerprint density at radius 2 is 1.16 bits per heavy atom. The van der Waals surface area contributed by atoms with Crippen molar-refractivity contribution in [1.29, 1.82) is 0 Å². The van der Waals surface area contributed by atoms with Crippen LogP contribution in [0, 0.1) is 0 Å². The van der Waals surface area contributed by atoms with Crippen LogP contribution in [0.15, 0.2) is 37.2 Å². The summed E-state index contributed by atoms with van der Waals surface area (Å²) < 4.78 is 23.2. The van der Waals surface area contributed by atoms with Gasteiger partial charge in [-0.05, 0) is 0 Å². The van der Waals surface area contributed by atoms with E-state index in [1.165, 1.54) is 12.8 Å². The molecule has 0 aliphatic heterocycles. The summed E-state index contributed by atoms with van der Waals surface area (Å²) in [4.78, 5) is 0. The van der Waals surface area contributed by atoms with Crippen LogP contribution in [0.25, 0.3) is 0 Å². The van der Waals surface area contributed by atoms with Gasteiger partial charge in [0.05, 0.1) is 0 Å². The second-order valence-corrected chi connectivity index (χ2v) is 52.0. The van der Waals surface area contributed by atoms with Gasteiger partial charge in [0.25, 0.3) is 0 Å². The van der Waals surface area contributed by atoms with Crippen molar-refractivity contribution in [2.24, 2.45) is 0 Å². The molecule has 0 spiro atoms. The number of hydrogen-bond donors (Lipinski definition) is 0. The van der Waals surface area contributed by atoms with E-state index in [0.29, 0.717) is 0 Å². The van der Waals surface area contributed by atoms with Crippen LogP contribution in [-0.4, -0.2) is 42.3 Å². The van der Waals surface area contributed by atoms with E-state index in [4.69, 9.17) is 0 Å². The van der Waals surface area contributed by atoms with Crippen LogP contribution in [0.2, 0.25) is 26.9 Å². The van der Waals surface area contributed by atoms with Crippen LogP contribution in [0.4, 0.5) is 0 Å². The average Bonchev–Trinajstić information content (AvgIpc) is 2.83. The maximum absolute atomic E-state index is 2.59. The number of allylic oxidation sites excluding steroid dienone is 8. The molecule has 3 heteroatoms. The Morgan fingerprint density at radius 3 is 1.47 bits per heavy atom. The largest absolute Gasteiger partial charge is 1.00 e. The Balaban J connectivity index is 0.00000200. The van der Waals surface area contributed by atoms with Gasteiger partial charge in [0.15, 0.2) is 0 Å². The molecule has 0 radical (unpaired) electrons. The molecule has 0 nitrogen and oxygen atoms in total. The standard InChI is InChI=1S/2C5H4.6CH3.Hf.2Pb.2H/c2*1-2-4-5-3-1;;;;;;;;;;;/h2*1-2H,3H2;6*1H3;;;;;/q;;;;;;;;+2;;;2*-1. The third-order valence-corrected chi connectivity index (χ3v) is 32.5. The molecule has 0 N–H and O–H groups in total. The summed E-state index contributed by atoms with van der Waals surface area (Å²) in [5.41, 5.74) is 0. The predicted octanol–water partition coefficient (Wildman–Crippen LogP) is 5.48. The molecule has 0 amide bonds. The van der Waals surface area contributed by atoms with E-state index in [1.54, 1.807) is 0 Å². The van der Waals surface area contributed by atoms with E-state index in [-0.39, 0.29) is 2.85 Å². The molecular weight excluding hydrogens is 785 g/mol. The van der Waals surface area contributed by atoms with E-state index in [1.807, 2.05) is 12.9 Å². The minimum absolute atomic E-state index is 0. The summed E-state index contributed by atoms with van der Waals surface area (Å²) in [5.74, 6) is 0. The van der Waals surface area contributed by atoms with Gasteiger partial charge in [-0.3, -0.25) is 0 Å². The van der Waals surface area contributed by atoms with Crippen molar-refractivity contribution in [3.63, 3.8) is 0 Å². The second-order valence-electron chi connectivity index (χ2n) is 7.62. The van der Waals surface area contributed by atoms with Crippen molar-refractivity contribution in [2.75, 3.05) is 0 Å². The van der Waals surface area contributed by atoms with Gasteiger partial charge in [0, 0.05) is 0 Å². The van der Waals surface area contributed by atoms with E-state index in [0.717, 1.165) is 0 Å². The van der Waals surface area contributed by atoms with E-state index in [9.17, 15) is 0 Å². The van der Waals surface area contributed by atoms with Gasteiger partial charge in [0.2, 0.25) is 0 Å². The molecule has 0 aromatic carbocycles. The van der Waals surface area contributed by atoms with Crippen molar-refractivity contribution in [2.45, 2.75) is 39.7 Å². The molecule has 2 aliphatic carbocycles. The van der Waals surface area contributed by atoms with Crippen molar-refractivity contribution in [3.8, 4) is 0 Å². The minimum Gasteiger partial charge on any atom is -1.00 e. The molecule has 0 unspecified atom stereocenters. The molecule has 0 bridgehead atoms. The first-order valence-electron chi connectivity index (χ1n) is 7.27. The minimum atomic E-state index is -1.98. The fourth-order valence-corrected chi connectivity index (χ4v) is 47.5. The second kappa shape index (κ2) is 6.43. The van der Waals surface area contributed by atoms with Crippen molar-refractivity contribution < 1.29 is 25.8 Å². The Labute approximate surface area is 143 Å². The molecule has 0 saturated carbocycles. The van der Waals surface area contributed by atoms with Crippen LogP contribution in [-0.2, 0) is 22.9 Å². The van der Waals surface area contributed by atoms with Crippen molar-refractivity contribution >= 4 is 42.3 Å². The maximum Gasteiger partial charge on any atom is -1.00 e. The first-order chi connectivity index (χ1) is 8.69. The monoisotopic (exact) mass is 816 g/mol. The molecular formula is C16H28HfPb2. The van der Waals surface area contributed by atoms with Gasteiger partial charge in [-0.1, -0.05) is 0 Å². The summed E-state index contributed by atoms with van der Waals surface area (Å²) >= 11 is -4.68. The number of rotatable bonds is 4. The van der Waals surface area contributed by atoms with Gasteiger partial charge in [-0.25, -0.2) is 0 Å². The third kappa shape index (κ3) is 4.33. The van der Waals surface area contributed by atoms with Gasteiger partial charge in [0.1, 0.15) is 0 Å². The molecule has 0 aromatic rings. The fourth-order valence-electron chi connectivity index (χ4n) is 2.83. The average molecular weight is 813 g/mol. The van der Waals surface area contributed by atoms with E-state index >= 15 is 0 Å². The van der Waals surface area contributed by atoms with Crippen LogP contribution < -0.4 is 0 Å². The van der Waals surface area contributed by atoms with Crippen LogP contribution in [0.5, 0.6) is 0 Å². The Kier molecular flexibility index (Phi) is 5.76. The van der Waals surface area contributed by atoms with Crippen LogP contribution in [0.1, 0.15) is 15.7 Å². The molecule has 2 rings (SSSR count). The quantitative estimate of drug-likeness (QED) is 0.331. The third-order valence-electron chi connectivity index (χ3n) is 3.78. The first kappa shape index (κ1) is 17.0. The molecule has 2 aliphatic rings. The van der Waals surface area contributed by atoms with Gasteiger partial charge in [-0.2, -0.15) is 0 Å². The molecule has 0 saturated heterocycles. The normalized spacial score (nSPS) is 19.7. The Bertz CT molecular complexity index is 457. The number of hydrogen-bond acceptors (Lipinski definition) is 0. The first-order valence-corrected chi connectivity index (χ1v) is 38.1. The fraction of sp³-hybridized carbons (Fsp3) is 0.500. The summed E-state index contributed by atoms with van der Waals surface area (Å²) in [6.07, 6.45) is 12.5. The van der Waals surface area contributed by atoms with Gasteiger partial charge < -0.3 is 2.85 Å². The molecule has 0 fully saturated rings.